The standard InChI is InChI=1S/C22H19F7N2O3/c1-11-6-15(23)2-3-16(11)17-10-31(20(33)34)5-4-18(17)30-19(32)12-7-13(21(24,25)26)9-14(8-12)22(27,28)29/h2-3,6-9,17-18H,4-5,10H2,1H3,(H,30,32)(H,33,34)/t17-,18+/m0/s1. The Balaban J connectivity index is 1.96. The number of alkyl halides is 6. The van der Waals surface area contributed by atoms with Crippen LogP contribution in [0.5, 0.6) is 0 Å². The number of piperidine rings is 1. The second kappa shape index (κ2) is 9.15. The molecule has 0 unspecified atom stereocenters. The first-order valence-electron chi connectivity index (χ1n) is 10.0. The van der Waals surface area contributed by atoms with E-state index in [1.807, 2.05) is 0 Å². The van der Waals surface area contributed by atoms with Crippen molar-refractivity contribution in [1.82, 2.24) is 10.2 Å². The van der Waals surface area contributed by atoms with E-state index in [1.54, 1.807) is 6.92 Å². The Labute approximate surface area is 189 Å². The highest BCUT2D eigenvalue weighted by atomic mass is 19.4. The van der Waals surface area contributed by atoms with Crippen molar-refractivity contribution in [1.29, 1.82) is 0 Å². The van der Waals surface area contributed by atoms with E-state index >= 15 is 0 Å². The summed E-state index contributed by atoms with van der Waals surface area (Å²) in [5.74, 6) is -2.42. The Kier molecular flexibility index (Phi) is 6.81. The number of nitrogens with zero attached hydrogens (tertiary/aromatic N) is 1. The number of aryl methyl sites for hydroxylation is 1. The smallest absolute Gasteiger partial charge is 0.416 e. The van der Waals surface area contributed by atoms with E-state index < -0.39 is 58.8 Å². The number of carboxylic acid groups (broad SMARTS) is 1. The average molecular weight is 492 g/mol. The van der Waals surface area contributed by atoms with Crippen LogP contribution in [-0.4, -0.2) is 41.1 Å². The van der Waals surface area contributed by atoms with Crippen molar-refractivity contribution in [2.75, 3.05) is 13.1 Å². The van der Waals surface area contributed by atoms with E-state index in [0.29, 0.717) is 23.3 Å². The zero-order chi connectivity index (χ0) is 25.4. The molecular formula is C22H19F7N2O3. The van der Waals surface area contributed by atoms with Gasteiger partial charge in [0.25, 0.3) is 5.91 Å². The number of nitrogens with one attached hydrogen (secondary N) is 1. The Bertz CT molecular complexity index is 1070. The second-order valence-corrected chi connectivity index (χ2v) is 8.00. The summed E-state index contributed by atoms with van der Waals surface area (Å²) in [5.41, 5.74) is -3.14. The van der Waals surface area contributed by atoms with Gasteiger partial charge >= 0.3 is 18.4 Å². The van der Waals surface area contributed by atoms with E-state index in [9.17, 15) is 45.4 Å². The van der Waals surface area contributed by atoms with Crippen LogP contribution in [0.15, 0.2) is 36.4 Å². The fourth-order valence-electron chi connectivity index (χ4n) is 4.01. The van der Waals surface area contributed by atoms with Gasteiger partial charge in [0.2, 0.25) is 0 Å². The highest BCUT2D eigenvalue weighted by Crippen LogP contribution is 2.37. The van der Waals surface area contributed by atoms with Crippen LogP contribution in [0.2, 0.25) is 0 Å². The molecule has 1 fully saturated rings. The first-order chi connectivity index (χ1) is 15.7. The molecule has 12 heteroatoms. The van der Waals surface area contributed by atoms with Gasteiger partial charge in [-0.1, -0.05) is 6.07 Å². The monoisotopic (exact) mass is 492 g/mol. The van der Waals surface area contributed by atoms with Gasteiger partial charge in [-0.15, -0.1) is 0 Å². The molecule has 2 aromatic carbocycles. The number of amides is 2. The molecule has 34 heavy (non-hydrogen) atoms. The lowest BCUT2D eigenvalue weighted by Crippen LogP contribution is -2.51. The van der Waals surface area contributed by atoms with Crippen molar-refractivity contribution in [2.24, 2.45) is 0 Å². The molecule has 0 spiro atoms. The van der Waals surface area contributed by atoms with Gasteiger partial charge in [-0.05, 0) is 54.8 Å². The Hall–Kier alpha value is -3.31. The number of rotatable bonds is 3. The lowest BCUT2D eigenvalue weighted by Gasteiger charge is -2.38. The molecule has 0 bridgehead atoms. The second-order valence-electron chi connectivity index (χ2n) is 8.00. The first kappa shape index (κ1) is 25.3. The minimum Gasteiger partial charge on any atom is -0.465 e. The quantitative estimate of drug-likeness (QED) is 0.561. The van der Waals surface area contributed by atoms with Gasteiger partial charge < -0.3 is 15.3 Å². The van der Waals surface area contributed by atoms with Crippen molar-refractivity contribution in [2.45, 2.75) is 37.7 Å². The molecule has 1 aliphatic rings. The minimum atomic E-state index is -5.11. The van der Waals surface area contributed by atoms with Crippen LogP contribution in [0.1, 0.15) is 45.0 Å². The molecule has 0 aliphatic carbocycles. The third-order valence-electron chi connectivity index (χ3n) is 5.68. The van der Waals surface area contributed by atoms with Crippen molar-refractivity contribution >= 4 is 12.0 Å². The lowest BCUT2D eigenvalue weighted by molar-refractivity contribution is -0.143. The molecule has 5 nitrogen and oxygen atoms in total. The molecule has 0 saturated carbocycles. The van der Waals surface area contributed by atoms with Crippen molar-refractivity contribution in [3.63, 3.8) is 0 Å². The summed E-state index contributed by atoms with van der Waals surface area (Å²) >= 11 is 0. The maximum atomic E-state index is 13.6. The molecule has 2 amide bonds. The fourth-order valence-corrected chi connectivity index (χ4v) is 4.01. The number of halogens is 7. The molecule has 184 valence electrons. The molecule has 1 saturated heterocycles. The van der Waals surface area contributed by atoms with E-state index in [0.717, 1.165) is 11.0 Å². The van der Waals surface area contributed by atoms with Gasteiger partial charge in [0, 0.05) is 30.6 Å². The number of carbonyl (C=O) groups excluding carboxylic acids is 1. The highest BCUT2D eigenvalue weighted by Gasteiger charge is 2.39. The molecule has 3 rings (SSSR count). The normalized spacial score (nSPS) is 19.1. The minimum absolute atomic E-state index is 0.0204. The number of likely N-dealkylation sites (tertiary alicyclic amines) is 1. The van der Waals surface area contributed by atoms with Gasteiger partial charge in [0.05, 0.1) is 11.1 Å². The van der Waals surface area contributed by atoms with Crippen molar-refractivity contribution in [3.8, 4) is 0 Å². The van der Waals surface area contributed by atoms with Gasteiger partial charge in [-0.3, -0.25) is 4.79 Å². The number of hydrogen-bond donors (Lipinski definition) is 2. The van der Waals surface area contributed by atoms with Gasteiger partial charge in [-0.25, -0.2) is 9.18 Å². The molecule has 1 aliphatic heterocycles. The van der Waals surface area contributed by atoms with Gasteiger partial charge in [0.1, 0.15) is 5.82 Å². The highest BCUT2D eigenvalue weighted by molar-refractivity contribution is 5.95. The predicted molar refractivity (Wildman–Crippen MR) is 106 cm³/mol. The predicted octanol–water partition coefficient (Wildman–Crippen LogP) is 5.44. The molecule has 0 radical (unpaired) electrons. The van der Waals surface area contributed by atoms with Gasteiger partial charge in [-0.2, -0.15) is 26.3 Å². The molecule has 0 aromatic heterocycles. The van der Waals surface area contributed by atoms with E-state index in [1.165, 1.54) is 12.1 Å². The fraction of sp³-hybridized carbons (Fsp3) is 0.364. The summed E-state index contributed by atoms with van der Waals surface area (Å²) in [6.45, 7) is 1.44. The lowest BCUT2D eigenvalue weighted by atomic mass is 9.83. The largest absolute Gasteiger partial charge is 0.465 e. The van der Waals surface area contributed by atoms with Crippen LogP contribution in [0.4, 0.5) is 35.5 Å². The summed E-state index contributed by atoms with van der Waals surface area (Å²) in [6.07, 6.45) is -11.4. The molecular weight excluding hydrogens is 473 g/mol. The van der Waals surface area contributed by atoms with Crippen molar-refractivity contribution in [3.05, 3.63) is 70.0 Å². The first-order valence-corrected chi connectivity index (χ1v) is 10.0. The Morgan fingerprint density at radius 2 is 1.59 bits per heavy atom. The number of benzene rings is 2. The summed E-state index contributed by atoms with van der Waals surface area (Å²) in [4.78, 5) is 25.3. The van der Waals surface area contributed by atoms with Crippen LogP contribution in [-0.2, 0) is 12.4 Å². The van der Waals surface area contributed by atoms with E-state index in [-0.39, 0.29) is 25.6 Å². The van der Waals surface area contributed by atoms with Crippen LogP contribution in [0, 0.1) is 12.7 Å². The third-order valence-corrected chi connectivity index (χ3v) is 5.68. The van der Waals surface area contributed by atoms with Crippen molar-refractivity contribution < 1.29 is 45.4 Å². The van der Waals surface area contributed by atoms with Crippen LogP contribution < -0.4 is 5.32 Å². The molecule has 2 N–H and O–H groups in total. The Morgan fingerprint density at radius 3 is 2.09 bits per heavy atom. The maximum Gasteiger partial charge on any atom is 0.416 e. The SMILES string of the molecule is Cc1cc(F)ccc1[C@@H]1CN(C(=O)O)CC[C@H]1NC(=O)c1cc(C(F)(F)F)cc(C(F)(F)F)c1. The molecule has 1 heterocycles. The third kappa shape index (κ3) is 5.60. The Morgan fingerprint density at radius 1 is 1.00 bits per heavy atom. The maximum absolute atomic E-state index is 13.6. The summed E-state index contributed by atoms with van der Waals surface area (Å²) in [7, 11) is 0. The van der Waals surface area contributed by atoms with E-state index in [2.05, 4.69) is 5.32 Å². The summed E-state index contributed by atoms with van der Waals surface area (Å²) in [6, 6.07) is 3.51. The number of hydrogen-bond acceptors (Lipinski definition) is 2. The van der Waals surface area contributed by atoms with Gasteiger partial charge in [0.15, 0.2) is 0 Å². The average Bonchev–Trinajstić information content (AvgIpc) is 2.72. The van der Waals surface area contributed by atoms with Crippen LogP contribution in [0.3, 0.4) is 0 Å². The van der Waals surface area contributed by atoms with E-state index in [4.69, 9.17) is 0 Å². The molecule has 2 aromatic rings. The summed E-state index contributed by atoms with van der Waals surface area (Å²) < 4.78 is 92.4. The van der Waals surface area contributed by atoms with Crippen LogP contribution >= 0.6 is 0 Å². The zero-order valence-electron chi connectivity index (χ0n) is 17.6. The zero-order valence-corrected chi connectivity index (χ0v) is 17.6. The summed E-state index contributed by atoms with van der Waals surface area (Å²) in [5, 5.41) is 11.8. The van der Waals surface area contributed by atoms with Crippen LogP contribution in [0.25, 0.3) is 0 Å². The molecule has 2 atom stereocenters. The number of carbonyl (C=O) groups is 2. The topological polar surface area (TPSA) is 69.6 Å².